The van der Waals surface area contributed by atoms with E-state index in [1.807, 2.05) is 24.3 Å². The van der Waals surface area contributed by atoms with Crippen molar-refractivity contribution in [1.29, 1.82) is 0 Å². The van der Waals surface area contributed by atoms with Gasteiger partial charge in [-0.1, -0.05) is 59.1 Å². The molecule has 0 bridgehead atoms. The van der Waals surface area contributed by atoms with Gasteiger partial charge in [0.15, 0.2) is 12.4 Å². The van der Waals surface area contributed by atoms with Crippen LogP contribution in [0, 0.1) is 0 Å². The van der Waals surface area contributed by atoms with Crippen molar-refractivity contribution in [3.05, 3.63) is 93.4 Å². The molecule has 158 valence electrons. The molecule has 1 amide bonds. The maximum absolute atomic E-state index is 12.5. The fourth-order valence-electron chi connectivity index (χ4n) is 2.80. The summed E-state index contributed by atoms with van der Waals surface area (Å²) in [5.74, 6) is 0.0680. The Morgan fingerprint density at radius 3 is 2.65 bits per heavy atom. The van der Waals surface area contributed by atoms with Crippen LogP contribution in [0.5, 0.6) is 5.75 Å². The lowest BCUT2D eigenvalue weighted by molar-refractivity contribution is 0.102. The number of rotatable bonds is 7. The summed E-state index contributed by atoms with van der Waals surface area (Å²) in [7, 11) is 0. The standard InChI is InChI=1S/C21H16Cl3N5O2/c22-16-5-2-1-4-14(16)11-29-12-15(10-25-29)26-21(30)18-8-9-28(27-18)13-31-19-7-3-6-17(23)20(19)24/h1-10,12H,11,13H2,(H,26,30). The first-order valence-corrected chi connectivity index (χ1v) is 10.3. The lowest BCUT2D eigenvalue weighted by Crippen LogP contribution is -2.14. The number of anilines is 1. The first kappa shape index (κ1) is 21.2. The summed E-state index contributed by atoms with van der Waals surface area (Å²) in [5, 5.41) is 12.6. The normalized spacial score (nSPS) is 10.8. The highest BCUT2D eigenvalue weighted by Gasteiger charge is 2.12. The van der Waals surface area contributed by atoms with E-state index in [-0.39, 0.29) is 18.3 Å². The average molecular weight is 477 g/mol. The van der Waals surface area contributed by atoms with E-state index in [0.29, 0.717) is 33.0 Å². The van der Waals surface area contributed by atoms with Gasteiger partial charge in [-0.25, -0.2) is 4.68 Å². The van der Waals surface area contributed by atoms with Crippen molar-refractivity contribution in [2.75, 3.05) is 5.32 Å². The van der Waals surface area contributed by atoms with Crippen molar-refractivity contribution >= 4 is 46.4 Å². The Labute approximate surface area is 193 Å². The van der Waals surface area contributed by atoms with Gasteiger partial charge in [0.1, 0.15) is 10.8 Å². The third-order valence-corrected chi connectivity index (χ3v) is 5.49. The van der Waals surface area contributed by atoms with Gasteiger partial charge in [-0.05, 0) is 29.8 Å². The Bertz CT molecular complexity index is 1220. The SMILES string of the molecule is O=C(Nc1cnn(Cc2ccccc2Cl)c1)c1ccn(COc2cccc(Cl)c2Cl)n1. The van der Waals surface area contributed by atoms with Gasteiger partial charge in [0, 0.05) is 17.4 Å². The second-order valence-electron chi connectivity index (χ2n) is 6.54. The Morgan fingerprint density at radius 1 is 1.00 bits per heavy atom. The number of carbonyl (C=O) groups excluding carboxylic acids is 1. The van der Waals surface area contributed by atoms with Gasteiger partial charge in [-0.3, -0.25) is 9.48 Å². The van der Waals surface area contributed by atoms with Crippen LogP contribution >= 0.6 is 34.8 Å². The zero-order valence-electron chi connectivity index (χ0n) is 16.0. The molecule has 0 radical (unpaired) electrons. The predicted molar refractivity (Wildman–Crippen MR) is 120 cm³/mol. The molecular formula is C21H16Cl3N5O2. The highest BCUT2D eigenvalue weighted by Crippen LogP contribution is 2.31. The van der Waals surface area contributed by atoms with Crippen LogP contribution in [0.4, 0.5) is 5.69 Å². The van der Waals surface area contributed by atoms with Crippen LogP contribution in [0.3, 0.4) is 0 Å². The number of hydrogen-bond acceptors (Lipinski definition) is 4. The molecule has 1 N–H and O–H groups in total. The van der Waals surface area contributed by atoms with Crippen LogP contribution < -0.4 is 10.1 Å². The Balaban J connectivity index is 1.35. The molecular weight excluding hydrogens is 461 g/mol. The highest BCUT2D eigenvalue weighted by atomic mass is 35.5. The Morgan fingerprint density at radius 2 is 1.81 bits per heavy atom. The number of ether oxygens (including phenoxy) is 1. The fourth-order valence-corrected chi connectivity index (χ4v) is 3.34. The molecule has 4 aromatic rings. The number of nitrogens with one attached hydrogen (secondary N) is 1. The zero-order chi connectivity index (χ0) is 21.8. The third kappa shape index (κ3) is 5.19. The molecule has 0 spiro atoms. The van der Waals surface area contributed by atoms with E-state index < -0.39 is 0 Å². The minimum Gasteiger partial charge on any atom is -0.470 e. The molecule has 2 aromatic heterocycles. The molecule has 0 atom stereocenters. The van der Waals surface area contributed by atoms with E-state index in [1.54, 1.807) is 47.5 Å². The molecule has 2 aromatic carbocycles. The van der Waals surface area contributed by atoms with Gasteiger partial charge >= 0.3 is 0 Å². The van der Waals surface area contributed by atoms with Gasteiger partial charge in [0.05, 0.1) is 23.5 Å². The van der Waals surface area contributed by atoms with Gasteiger partial charge in [-0.15, -0.1) is 0 Å². The molecule has 0 saturated carbocycles. The van der Waals surface area contributed by atoms with E-state index in [4.69, 9.17) is 39.5 Å². The lowest BCUT2D eigenvalue weighted by Gasteiger charge is -2.08. The van der Waals surface area contributed by atoms with E-state index in [2.05, 4.69) is 15.5 Å². The molecule has 10 heteroatoms. The summed E-state index contributed by atoms with van der Waals surface area (Å²) in [6, 6.07) is 14.2. The molecule has 0 unspecified atom stereocenters. The summed E-state index contributed by atoms with van der Waals surface area (Å²) in [5.41, 5.74) is 1.72. The quantitative estimate of drug-likeness (QED) is 0.389. The molecule has 0 aliphatic heterocycles. The second kappa shape index (κ2) is 9.43. The van der Waals surface area contributed by atoms with Gasteiger partial charge in [0.2, 0.25) is 0 Å². The first-order valence-electron chi connectivity index (χ1n) is 9.17. The van der Waals surface area contributed by atoms with Crippen molar-refractivity contribution in [2.24, 2.45) is 0 Å². The maximum atomic E-state index is 12.5. The molecule has 0 fully saturated rings. The monoisotopic (exact) mass is 475 g/mol. The van der Waals surface area contributed by atoms with Crippen molar-refractivity contribution in [3.8, 4) is 5.75 Å². The van der Waals surface area contributed by atoms with Gasteiger partial charge < -0.3 is 10.1 Å². The summed E-state index contributed by atoms with van der Waals surface area (Å²) in [4.78, 5) is 12.5. The van der Waals surface area contributed by atoms with Gasteiger partial charge in [0.25, 0.3) is 5.91 Å². The summed E-state index contributed by atoms with van der Waals surface area (Å²) in [6.45, 7) is 0.566. The first-order chi connectivity index (χ1) is 15.0. The predicted octanol–water partition coefficient (Wildman–Crippen LogP) is 5.38. The Kier molecular flexibility index (Phi) is 6.46. The number of halogens is 3. The minimum absolute atomic E-state index is 0.0725. The largest absolute Gasteiger partial charge is 0.470 e. The molecule has 7 nitrogen and oxygen atoms in total. The lowest BCUT2D eigenvalue weighted by atomic mass is 10.2. The summed E-state index contributed by atoms with van der Waals surface area (Å²) >= 11 is 18.3. The third-order valence-electron chi connectivity index (χ3n) is 4.32. The van der Waals surface area contributed by atoms with Crippen LogP contribution in [0.2, 0.25) is 15.1 Å². The number of amides is 1. The van der Waals surface area contributed by atoms with Crippen LogP contribution in [0.15, 0.2) is 67.1 Å². The molecule has 4 rings (SSSR count). The van der Waals surface area contributed by atoms with E-state index >= 15 is 0 Å². The van der Waals surface area contributed by atoms with Crippen LogP contribution in [0.25, 0.3) is 0 Å². The minimum atomic E-state index is -0.364. The van der Waals surface area contributed by atoms with E-state index in [1.165, 1.54) is 4.68 Å². The molecule has 0 saturated heterocycles. The van der Waals surface area contributed by atoms with Gasteiger partial charge in [-0.2, -0.15) is 10.2 Å². The number of hydrogen-bond donors (Lipinski definition) is 1. The van der Waals surface area contributed by atoms with Crippen LogP contribution in [-0.4, -0.2) is 25.5 Å². The number of aromatic nitrogens is 4. The van der Waals surface area contributed by atoms with Crippen LogP contribution in [-0.2, 0) is 13.3 Å². The van der Waals surface area contributed by atoms with Crippen molar-refractivity contribution in [2.45, 2.75) is 13.3 Å². The van der Waals surface area contributed by atoms with Crippen molar-refractivity contribution in [3.63, 3.8) is 0 Å². The van der Waals surface area contributed by atoms with Crippen molar-refractivity contribution in [1.82, 2.24) is 19.6 Å². The highest BCUT2D eigenvalue weighted by molar-refractivity contribution is 6.42. The van der Waals surface area contributed by atoms with E-state index in [9.17, 15) is 4.79 Å². The number of nitrogens with zero attached hydrogens (tertiary/aromatic N) is 4. The molecule has 0 aliphatic rings. The average Bonchev–Trinajstić information content (AvgIpc) is 3.40. The number of benzene rings is 2. The van der Waals surface area contributed by atoms with Crippen molar-refractivity contribution < 1.29 is 9.53 Å². The maximum Gasteiger partial charge on any atom is 0.276 e. The smallest absolute Gasteiger partial charge is 0.276 e. The fraction of sp³-hybridized carbons (Fsp3) is 0.0952. The topological polar surface area (TPSA) is 74.0 Å². The molecule has 0 aliphatic carbocycles. The van der Waals surface area contributed by atoms with Crippen LogP contribution in [0.1, 0.15) is 16.1 Å². The second-order valence-corrected chi connectivity index (χ2v) is 7.73. The summed E-state index contributed by atoms with van der Waals surface area (Å²) in [6.07, 6.45) is 4.92. The molecule has 31 heavy (non-hydrogen) atoms. The summed E-state index contributed by atoms with van der Waals surface area (Å²) < 4.78 is 8.78. The molecule has 2 heterocycles. The number of carbonyl (C=O) groups is 1. The van der Waals surface area contributed by atoms with E-state index in [0.717, 1.165) is 5.56 Å². The Hall–Kier alpha value is -3.00. The zero-order valence-corrected chi connectivity index (χ0v) is 18.3.